The summed E-state index contributed by atoms with van der Waals surface area (Å²) in [4.78, 5) is 39.8. The van der Waals surface area contributed by atoms with E-state index in [1.54, 1.807) is 0 Å². The zero-order valence-corrected chi connectivity index (χ0v) is 15.1. The molecule has 2 amide bonds. The molecular weight excluding hydrogens is 360 g/mol. The molecule has 1 aliphatic heterocycles. The lowest BCUT2D eigenvalue weighted by atomic mass is 10.1. The number of hydrogen-bond acceptors (Lipinski definition) is 7. The highest BCUT2D eigenvalue weighted by molar-refractivity contribution is 8.24. The Balaban J connectivity index is 1.91. The number of imide groups is 1. The van der Waals surface area contributed by atoms with Crippen LogP contribution >= 0.6 is 24.0 Å². The van der Waals surface area contributed by atoms with Crippen molar-refractivity contribution in [1.82, 2.24) is 5.06 Å². The molecule has 0 aromatic heterocycles. The number of thioether (sulfide) groups is 1. The number of nitrogens with zero attached hydrogens (tertiary/aromatic N) is 2. The highest BCUT2D eigenvalue weighted by atomic mass is 32.2. The number of rotatable bonds is 6. The van der Waals surface area contributed by atoms with E-state index in [1.165, 1.54) is 11.8 Å². The second-order valence-corrected chi connectivity index (χ2v) is 7.61. The van der Waals surface area contributed by atoms with Crippen molar-refractivity contribution in [3.63, 3.8) is 0 Å². The number of benzene rings is 1. The number of carbonyl (C=O) groups is 3. The molecule has 8 heteroatoms. The van der Waals surface area contributed by atoms with Crippen molar-refractivity contribution < 1.29 is 19.2 Å². The Hall–Kier alpha value is -2.24. The maximum atomic E-state index is 12.1. The molecule has 2 rings (SSSR count). The summed E-state index contributed by atoms with van der Waals surface area (Å²) in [5.41, 5.74) is 0.902. The van der Waals surface area contributed by atoms with Gasteiger partial charge in [0.15, 0.2) is 0 Å². The summed E-state index contributed by atoms with van der Waals surface area (Å²) in [7, 11) is 0. The maximum Gasteiger partial charge on any atom is 0.350 e. The summed E-state index contributed by atoms with van der Waals surface area (Å²) >= 11 is 6.75. The van der Waals surface area contributed by atoms with Crippen molar-refractivity contribution in [3.8, 4) is 6.07 Å². The second-order valence-electron chi connectivity index (χ2n) is 5.49. The molecule has 1 aromatic carbocycles. The fourth-order valence-electron chi connectivity index (χ4n) is 2.22. The topological polar surface area (TPSA) is 87.5 Å². The van der Waals surface area contributed by atoms with Gasteiger partial charge in [-0.25, -0.2) is 4.79 Å². The summed E-state index contributed by atoms with van der Waals surface area (Å²) in [5, 5.41) is 9.56. The molecule has 1 aromatic rings. The highest BCUT2D eigenvalue weighted by Gasteiger charge is 2.35. The van der Waals surface area contributed by atoms with Crippen molar-refractivity contribution in [2.24, 2.45) is 5.92 Å². The van der Waals surface area contributed by atoms with Crippen molar-refractivity contribution in [2.75, 3.05) is 0 Å². The molecule has 1 saturated heterocycles. The number of amides is 2. The minimum absolute atomic E-state index is 0.0148. The van der Waals surface area contributed by atoms with Crippen molar-refractivity contribution >= 4 is 46.0 Å². The molecule has 1 aliphatic rings. The molecule has 2 unspecified atom stereocenters. The van der Waals surface area contributed by atoms with Gasteiger partial charge in [-0.1, -0.05) is 49.5 Å². The van der Waals surface area contributed by atoms with Gasteiger partial charge in [0.05, 0.1) is 10.3 Å². The first-order valence-electron chi connectivity index (χ1n) is 7.65. The first-order chi connectivity index (χ1) is 11.9. The van der Waals surface area contributed by atoms with Gasteiger partial charge in [-0.05, 0) is 12.0 Å². The molecule has 2 atom stereocenters. The van der Waals surface area contributed by atoms with Gasteiger partial charge in [-0.2, -0.15) is 5.26 Å². The monoisotopic (exact) mass is 376 g/mol. The van der Waals surface area contributed by atoms with Crippen LogP contribution in [0.4, 0.5) is 0 Å². The average molecular weight is 376 g/mol. The predicted molar refractivity (Wildman–Crippen MR) is 96.1 cm³/mol. The Morgan fingerprint density at radius 2 is 1.92 bits per heavy atom. The Morgan fingerprint density at radius 1 is 1.32 bits per heavy atom. The van der Waals surface area contributed by atoms with Crippen LogP contribution in [0, 0.1) is 17.2 Å². The molecule has 0 saturated carbocycles. The number of hydroxylamine groups is 2. The van der Waals surface area contributed by atoms with E-state index in [4.69, 9.17) is 17.1 Å². The molecule has 1 heterocycles. The predicted octanol–water partition coefficient (Wildman–Crippen LogP) is 2.62. The van der Waals surface area contributed by atoms with E-state index in [0.717, 1.165) is 5.56 Å². The summed E-state index contributed by atoms with van der Waals surface area (Å²) in [6.07, 6.45) is 0.227. The Labute approximate surface area is 155 Å². The third kappa shape index (κ3) is 5.11. The molecule has 6 nitrogen and oxygen atoms in total. The fraction of sp³-hybridized carbons (Fsp3) is 0.353. The SMILES string of the molecule is CC(CC(C#N)C(=O)ON1C(=O)CCC1=O)SC(=S)c1ccccc1. The molecule has 0 N–H and O–H groups in total. The van der Waals surface area contributed by atoms with E-state index in [9.17, 15) is 19.6 Å². The minimum Gasteiger partial charge on any atom is -0.329 e. The molecule has 0 radical (unpaired) electrons. The third-order valence-electron chi connectivity index (χ3n) is 3.51. The minimum atomic E-state index is -1.08. The smallest absolute Gasteiger partial charge is 0.329 e. The van der Waals surface area contributed by atoms with Gasteiger partial charge in [0.1, 0.15) is 5.92 Å². The number of thiocarbonyl (C=S) groups is 1. The highest BCUT2D eigenvalue weighted by Crippen LogP contribution is 2.25. The van der Waals surface area contributed by atoms with Gasteiger partial charge >= 0.3 is 5.97 Å². The first-order valence-corrected chi connectivity index (χ1v) is 8.94. The average Bonchev–Trinajstić information content (AvgIpc) is 2.92. The summed E-state index contributed by atoms with van der Waals surface area (Å²) in [6.45, 7) is 1.85. The molecule has 130 valence electrons. The van der Waals surface area contributed by atoms with Gasteiger partial charge in [0, 0.05) is 18.1 Å². The largest absolute Gasteiger partial charge is 0.350 e. The van der Waals surface area contributed by atoms with Crippen LogP contribution in [0.2, 0.25) is 0 Å². The number of carbonyl (C=O) groups excluding carboxylic acids is 3. The number of nitriles is 1. The van der Waals surface area contributed by atoms with E-state index in [2.05, 4.69) is 0 Å². The molecule has 0 spiro atoms. The fourth-order valence-corrected chi connectivity index (χ4v) is 3.77. The third-order valence-corrected chi connectivity index (χ3v) is 5.08. The zero-order chi connectivity index (χ0) is 18.4. The lowest BCUT2D eigenvalue weighted by Crippen LogP contribution is -2.35. The van der Waals surface area contributed by atoms with Crippen LogP contribution in [-0.4, -0.2) is 32.3 Å². The molecular formula is C17H16N2O4S2. The van der Waals surface area contributed by atoms with Gasteiger partial charge in [-0.3, -0.25) is 9.59 Å². The van der Waals surface area contributed by atoms with Crippen LogP contribution in [-0.2, 0) is 19.2 Å². The van der Waals surface area contributed by atoms with Crippen molar-refractivity contribution in [1.29, 1.82) is 5.26 Å². The summed E-state index contributed by atoms with van der Waals surface area (Å²) in [6, 6.07) is 11.3. The Kier molecular flexibility index (Phi) is 6.67. The van der Waals surface area contributed by atoms with E-state index in [-0.39, 0.29) is 24.5 Å². The lowest BCUT2D eigenvalue weighted by Gasteiger charge is -2.17. The first kappa shape index (κ1) is 19.1. The van der Waals surface area contributed by atoms with E-state index < -0.39 is 23.7 Å². The van der Waals surface area contributed by atoms with Crippen LogP contribution in [0.15, 0.2) is 30.3 Å². The van der Waals surface area contributed by atoms with Gasteiger partial charge in [0.2, 0.25) is 0 Å². The van der Waals surface area contributed by atoms with E-state index >= 15 is 0 Å². The quantitative estimate of drug-likeness (QED) is 0.557. The van der Waals surface area contributed by atoms with Crippen LogP contribution in [0.1, 0.15) is 31.7 Å². The van der Waals surface area contributed by atoms with Crippen LogP contribution in [0.25, 0.3) is 0 Å². The van der Waals surface area contributed by atoms with Gasteiger partial charge < -0.3 is 4.84 Å². The molecule has 0 aliphatic carbocycles. The molecule has 25 heavy (non-hydrogen) atoms. The van der Waals surface area contributed by atoms with Crippen molar-refractivity contribution in [2.45, 2.75) is 31.4 Å². The van der Waals surface area contributed by atoms with E-state index in [1.807, 2.05) is 43.3 Å². The van der Waals surface area contributed by atoms with E-state index in [0.29, 0.717) is 9.26 Å². The van der Waals surface area contributed by atoms with Gasteiger partial charge in [0.25, 0.3) is 11.8 Å². The lowest BCUT2D eigenvalue weighted by molar-refractivity contribution is -0.199. The number of hydrogen-bond donors (Lipinski definition) is 0. The second kappa shape index (κ2) is 8.74. The summed E-state index contributed by atoms with van der Waals surface area (Å²) in [5.74, 6) is -3.11. The maximum absolute atomic E-state index is 12.1. The standard InChI is InChI=1S/C17H16N2O4S2/c1-11(25-17(24)12-5-3-2-4-6-12)9-13(10-18)16(22)23-19-14(20)7-8-15(19)21/h2-6,11,13H,7-9H2,1H3. The zero-order valence-electron chi connectivity index (χ0n) is 13.5. The normalized spacial score (nSPS) is 16.2. The van der Waals surface area contributed by atoms with Gasteiger partial charge in [-0.15, -0.1) is 16.8 Å². The Morgan fingerprint density at radius 3 is 2.48 bits per heavy atom. The molecule has 1 fully saturated rings. The van der Waals surface area contributed by atoms with Crippen LogP contribution < -0.4 is 0 Å². The Bertz CT molecular complexity index is 714. The molecule has 0 bridgehead atoms. The van der Waals surface area contributed by atoms with Crippen molar-refractivity contribution in [3.05, 3.63) is 35.9 Å². The van der Waals surface area contributed by atoms with Crippen LogP contribution in [0.3, 0.4) is 0 Å². The van der Waals surface area contributed by atoms with Crippen LogP contribution in [0.5, 0.6) is 0 Å². The summed E-state index contributed by atoms with van der Waals surface area (Å²) < 4.78 is 0.669.